The number of esters is 1. The van der Waals surface area contributed by atoms with E-state index in [0.717, 1.165) is 16.8 Å². The number of hydrogen-bond donors (Lipinski definition) is 1. The lowest BCUT2D eigenvalue weighted by atomic mass is 10.0. The zero-order chi connectivity index (χ0) is 13.0. The van der Waals surface area contributed by atoms with E-state index in [2.05, 4.69) is 10.8 Å². The third-order valence-corrected chi connectivity index (χ3v) is 2.79. The summed E-state index contributed by atoms with van der Waals surface area (Å²) >= 11 is 0. The predicted octanol–water partition coefficient (Wildman–Crippen LogP) is 1.10. The van der Waals surface area contributed by atoms with Crippen molar-refractivity contribution in [2.75, 3.05) is 26.1 Å². The van der Waals surface area contributed by atoms with E-state index >= 15 is 0 Å². The van der Waals surface area contributed by atoms with Gasteiger partial charge in [-0.25, -0.2) is 0 Å². The molecule has 4 heteroatoms. The van der Waals surface area contributed by atoms with Gasteiger partial charge in [0.2, 0.25) is 0 Å². The zero-order valence-corrected chi connectivity index (χ0v) is 10.9. The summed E-state index contributed by atoms with van der Waals surface area (Å²) in [6.45, 7) is 2.02. The Morgan fingerprint density at radius 2 is 2.12 bits per heavy atom. The molecule has 0 heterocycles. The van der Waals surface area contributed by atoms with Crippen LogP contribution >= 0.6 is 0 Å². The number of aryl methyl sites for hydroxylation is 1. The maximum atomic E-state index is 11.2. The van der Waals surface area contributed by atoms with Gasteiger partial charge in [-0.15, -0.1) is 0 Å². The number of hydrogen-bond acceptors (Lipinski definition) is 4. The van der Waals surface area contributed by atoms with Gasteiger partial charge in [-0.3, -0.25) is 4.79 Å². The third-order valence-electron chi connectivity index (χ3n) is 2.79. The lowest BCUT2D eigenvalue weighted by Gasteiger charge is -2.16. The molecule has 0 radical (unpaired) electrons. The standard InChI is InChI=1S/C13H20N2O2/c1-9-7-11(15(2)3)6-5-10(9)8-12(14)13(16)17-4/h5-7,12H,8,14H2,1-4H3. The Kier molecular flexibility index (Phi) is 4.52. The quantitative estimate of drug-likeness (QED) is 0.795. The molecule has 0 amide bonds. The van der Waals surface area contributed by atoms with Gasteiger partial charge in [-0.1, -0.05) is 6.07 Å². The van der Waals surface area contributed by atoms with E-state index in [9.17, 15) is 4.79 Å². The Morgan fingerprint density at radius 3 is 2.59 bits per heavy atom. The number of benzene rings is 1. The minimum Gasteiger partial charge on any atom is -0.468 e. The molecule has 1 rings (SSSR count). The number of nitrogens with two attached hydrogens (primary N) is 1. The summed E-state index contributed by atoms with van der Waals surface area (Å²) in [5, 5.41) is 0. The SMILES string of the molecule is COC(=O)C(N)Cc1ccc(N(C)C)cc1C. The van der Waals surface area contributed by atoms with Gasteiger partial charge in [-0.05, 0) is 36.6 Å². The smallest absolute Gasteiger partial charge is 0.322 e. The number of nitrogens with zero attached hydrogens (tertiary/aromatic N) is 1. The normalized spacial score (nSPS) is 12.1. The van der Waals surface area contributed by atoms with Crippen molar-refractivity contribution >= 4 is 11.7 Å². The Morgan fingerprint density at radius 1 is 1.47 bits per heavy atom. The van der Waals surface area contributed by atoms with Crippen LogP contribution in [0.3, 0.4) is 0 Å². The summed E-state index contributed by atoms with van der Waals surface area (Å²) in [4.78, 5) is 13.3. The van der Waals surface area contributed by atoms with Gasteiger partial charge >= 0.3 is 5.97 Å². The van der Waals surface area contributed by atoms with Crippen LogP contribution in [0.4, 0.5) is 5.69 Å². The second kappa shape index (κ2) is 5.68. The van der Waals surface area contributed by atoms with Crippen LogP contribution in [0.25, 0.3) is 0 Å². The van der Waals surface area contributed by atoms with Crippen LogP contribution in [0, 0.1) is 6.92 Å². The van der Waals surface area contributed by atoms with E-state index in [4.69, 9.17) is 5.73 Å². The second-order valence-electron chi connectivity index (χ2n) is 4.34. The average Bonchev–Trinajstić information content (AvgIpc) is 2.30. The molecule has 1 aromatic rings. The molecule has 0 spiro atoms. The van der Waals surface area contributed by atoms with Crippen molar-refractivity contribution in [3.05, 3.63) is 29.3 Å². The molecule has 0 fully saturated rings. The lowest BCUT2D eigenvalue weighted by Crippen LogP contribution is -2.33. The van der Waals surface area contributed by atoms with E-state index in [1.165, 1.54) is 7.11 Å². The number of carbonyl (C=O) groups excluding carboxylic acids is 1. The highest BCUT2D eigenvalue weighted by Crippen LogP contribution is 2.18. The number of carbonyl (C=O) groups is 1. The van der Waals surface area contributed by atoms with Gasteiger partial charge in [0.1, 0.15) is 6.04 Å². The first kappa shape index (κ1) is 13.5. The van der Waals surface area contributed by atoms with Crippen molar-refractivity contribution in [1.82, 2.24) is 0 Å². The summed E-state index contributed by atoms with van der Waals surface area (Å²) in [7, 11) is 5.34. The molecular formula is C13H20N2O2. The van der Waals surface area contributed by atoms with Gasteiger partial charge < -0.3 is 15.4 Å². The highest BCUT2D eigenvalue weighted by molar-refractivity contribution is 5.75. The van der Waals surface area contributed by atoms with Gasteiger partial charge in [0.05, 0.1) is 7.11 Å². The van der Waals surface area contributed by atoms with Gasteiger partial charge in [0.25, 0.3) is 0 Å². The van der Waals surface area contributed by atoms with Crippen molar-refractivity contribution in [1.29, 1.82) is 0 Å². The van der Waals surface area contributed by atoms with Crippen LogP contribution in [0.15, 0.2) is 18.2 Å². The van der Waals surface area contributed by atoms with Crippen molar-refractivity contribution in [2.45, 2.75) is 19.4 Å². The van der Waals surface area contributed by atoms with E-state index in [1.807, 2.05) is 38.1 Å². The maximum Gasteiger partial charge on any atom is 0.322 e. The number of rotatable bonds is 4. The molecule has 0 aromatic heterocycles. The fourth-order valence-corrected chi connectivity index (χ4v) is 1.66. The molecule has 2 N–H and O–H groups in total. The molecule has 17 heavy (non-hydrogen) atoms. The van der Waals surface area contributed by atoms with E-state index in [-0.39, 0.29) is 5.97 Å². The second-order valence-corrected chi connectivity index (χ2v) is 4.34. The zero-order valence-electron chi connectivity index (χ0n) is 10.9. The summed E-state index contributed by atoms with van der Waals surface area (Å²) in [5.41, 5.74) is 9.09. The van der Waals surface area contributed by atoms with E-state index < -0.39 is 6.04 Å². The number of ether oxygens (including phenoxy) is 1. The third kappa shape index (κ3) is 3.46. The Hall–Kier alpha value is -1.55. The summed E-state index contributed by atoms with van der Waals surface area (Å²) in [6.07, 6.45) is 0.506. The molecule has 1 unspecified atom stereocenters. The first-order chi connectivity index (χ1) is 7.95. The molecule has 0 aliphatic heterocycles. The monoisotopic (exact) mass is 236 g/mol. The fraction of sp³-hybridized carbons (Fsp3) is 0.462. The Bertz CT molecular complexity index is 402. The summed E-state index contributed by atoms with van der Waals surface area (Å²) < 4.78 is 4.61. The number of methoxy groups -OCH3 is 1. The van der Waals surface area contributed by atoms with Crippen LogP contribution < -0.4 is 10.6 Å². The minimum absolute atomic E-state index is 0.374. The van der Waals surface area contributed by atoms with Gasteiger partial charge in [0, 0.05) is 19.8 Å². The predicted molar refractivity (Wildman–Crippen MR) is 69.2 cm³/mol. The Balaban J connectivity index is 2.83. The van der Waals surface area contributed by atoms with Crippen molar-refractivity contribution in [2.24, 2.45) is 5.73 Å². The van der Waals surface area contributed by atoms with E-state index in [1.54, 1.807) is 0 Å². The van der Waals surface area contributed by atoms with Gasteiger partial charge in [0.15, 0.2) is 0 Å². The van der Waals surface area contributed by atoms with Crippen molar-refractivity contribution < 1.29 is 9.53 Å². The summed E-state index contributed by atoms with van der Waals surface area (Å²) in [5.74, 6) is -0.374. The van der Waals surface area contributed by atoms with Crippen LogP contribution in [0.1, 0.15) is 11.1 Å². The lowest BCUT2D eigenvalue weighted by molar-refractivity contribution is -0.142. The summed E-state index contributed by atoms with van der Waals surface area (Å²) in [6, 6.07) is 5.52. The molecule has 94 valence electrons. The molecule has 1 aromatic carbocycles. The van der Waals surface area contributed by atoms with Crippen LogP contribution in [0.2, 0.25) is 0 Å². The van der Waals surface area contributed by atoms with Crippen molar-refractivity contribution in [3.8, 4) is 0 Å². The molecule has 0 aliphatic carbocycles. The topological polar surface area (TPSA) is 55.6 Å². The average molecular weight is 236 g/mol. The molecule has 0 aliphatic rings. The van der Waals surface area contributed by atoms with Crippen LogP contribution in [-0.4, -0.2) is 33.2 Å². The highest BCUT2D eigenvalue weighted by atomic mass is 16.5. The van der Waals surface area contributed by atoms with Crippen LogP contribution in [-0.2, 0) is 16.0 Å². The Labute approximate surface area is 102 Å². The molecule has 0 bridgehead atoms. The molecule has 0 saturated heterocycles. The maximum absolute atomic E-state index is 11.2. The molecular weight excluding hydrogens is 216 g/mol. The largest absolute Gasteiger partial charge is 0.468 e. The van der Waals surface area contributed by atoms with Crippen molar-refractivity contribution in [3.63, 3.8) is 0 Å². The molecule has 1 atom stereocenters. The number of anilines is 1. The highest BCUT2D eigenvalue weighted by Gasteiger charge is 2.15. The first-order valence-corrected chi connectivity index (χ1v) is 5.56. The minimum atomic E-state index is -0.594. The molecule has 4 nitrogen and oxygen atoms in total. The fourth-order valence-electron chi connectivity index (χ4n) is 1.66. The molecule has 0 saturated carbocycles. The van der Waals surface area contributed by atoms with E-state index in [0.29, 0.717) is 6.42 Å². The van der Waals surface area contributed by atoms with Crippen LogP contribution in [0.5, 0.6) is 0 Å². The van der Waals surface area contributed by atoms with Gasteiger partial charge in [-0.2, -0.15) is 0 Å². The first-order valence-electron chi connectivity index (χ1n) is 5.56.